The number of benzene rings is 1. The molecule has 0 heterocycles. The smallest absolute Gasteiger partial charge is 0.239 e. The minimum atomic E-state index is -0.619. The highest BCUT2D eigenvalue weighted by molar-refractivity contribution is 5.81. The summed E-state index contributed by atoms with van der Waals surface area (Å²) in [7, 11) is 5.56. The number of rotatable bonds is 7. The Labute approximate surface area is 114 Å². The Hall–Kier alpha value is -1.43. The SMILES string of the molecule is COCC(N)C(=O)NCc1ccccc1CN(C)C. The van der Waals surface area contributed by atoms with E-state index in [9.17, 15) is 4.79 Å². The molecule has 1 aromatic carbocycles. The average Bonchev–Trinajstić information content (AvgIpc) is 2.37. The van der Waals surface area contributed by atoms with Gasteiger partial charge in [0.15, 0.2) is 0 Å². The van der Waals surface area contributed by atoms with Crippen molar-refractivity contribution in [3.63, 3.8) is 0 Å². The van der Waals surface area contributed by atoms with Crippen LogP contribution in [0.1, 0.15) is 11.1 Å². The first-order valence-corrected chi connectivity index (χ1v) is 6.28. The molecule has 5 nitrogen and oxygen atoms in total. The number of carbonyl (C=O) groups is 1. The van der Waals surface area contributed by atoms with Crippen LogP contribution in [0.2, 0.25) is 0 Å². The molecule has 1 atom stereocenters. The molecular formula is C14H23N3O2. The van der Waals surface area contributed by atoms with Crippen LogP contribution in [0.25, 0.3) is 0 Å². The summed E-state index contributed by atoms with van der Waals surface area (Å²) in [6.45, 7) is 1.56. The van der Waals surface area contributed by atoms with E-state index in [0.29, 0.717) is 6.54 Å². The molecule has 0 aliphatic rings. The van der Waals surface area contributed by atoms with Crippen LogP contribution in [0.3, 0.4) is 0 Å². The maximum absolute atomic E-state index is 11.7. The summed E-state index contributed by atoms with van der Waals surface area (Å²) >= 11 is 0. The van der Waals surface area contributed by atoms with Gasteiger partial charge in [-0.1, -0.05) is 24.3 Å². The second kappa shape index (κ2) is 7.89. The van der Waals surface area contributed by atoms with Gasteiger partial charge in [0.05, 0.1) is 6.61 Å². The molecule has 19 heavy (non-hydrogen) atoms. The highest BCUT2D eigenvalue weighted by atomic mass is 16.5. The number of nitrogens with zero attached hydrogens (tertiary/aromatic N) is 1. The van der Waals surface area contributed by atoms with Crippen molar-refractivity contribution >= 4 is 5.91 Å². The van der Waals surface area contributed by atoms with Crippen LogP contribution in [0, 0.1) is 0 Å². The number of hydrogen-bond acceptors (Lipinski definition) is 4. The molecule has 1 amide bonds. The fourth-order valence-electron chi connectivity index (χ4n) is 1.79. The van der Waals surface area contributed by atoms with Gasteiger partial charge in [-0.25, -0.2) is 0 Å². The monoisotopic (exact) mass is 265 g/mol. The zero-order valence-corrected chi connectivity index (χ0v) is 11.8. The summed E-state index contributed by atoms with van der Waals surface area (Å²) in [5.74, 6) is -0.193. The first-order chi connectivity index (χ1) is 9.04. The first-order valence-electron chi connectivity index (χ1n) is 6.28. The minimum Gasteiger partial charge on any atom is -0.383 e. The summed E-state index contributed by atoms with van der Waals surface area (Å²) in [5.41, 5.74) is 7.97. The van der Waals surface area contributed by atoms with Crippen LogP contribution in [-0.2, 0) is 22.6 Å². The number of amides is 1. The van der Waals surface area contributed by atoms with Crippen LogP contribution < -0.4 is 11.1 Å². The normalized spacial score (nSPS) is 12.5. The van der Waals surface area contributed by atoms with Gasteiger partial charge in [0.1, 0.15) is 6.04 Å². The average molecular weight is 265 g/mol. The maximum atomic E-state index is 11.7. The van der Waals surface area contributed by atoms with Crippen molar-refractivity contribution in [1.82, 2.24) is 10.2 Å². The van der Waals surface area contributed by atoms with E-state index in [4.69, 9.17) is 10.5 Å². The standard InChI is InChI=1S/C14H23N3O2/c1-17(2)9-12-7-5-4-6-11(12)8-16-14(18)13(15)10-19-3/h4-7,13H,8-10,15H2,1-3H3,(H,16,18). The molecule has 0 radical (unpaired) electrons. The van der Waals surface area contributed by atoms with Crippen LogP contribution in [0.4, 0.5) is 0 Å². The van der Waals surface area contributed by atoms with Crippen LogP contribution in [0.15, 0.2) is 24.3 Å². The molecule has 3 N–H and O–H groups in total. The summed E-state index contributed by atoms with van der Waals surface area (Å²) in [4.78, 5) is 13.8. The predicted octanol–water partition coefficient (Wildman–Crippen LogP) is 0.338. The molecule has 0 spiro atoms. The van der Waals surface area contributed by atoms with Gasteiger partial charge in [0, 0.05) is 20.2 Å². The molecule has 5 heteroatoms. The van der Waals surface area contributed by atoms with Crippen molar-refractivity contribution < 1.29 is 9.53 Å². The molecule has 0 saturated carbocycles. The van der Waals surface area contributed by atoms with Crippen molar-refractivity contribution in [3.05, 3.63) is 35.4 Å². The van der Waals surface area contributed by atoms with Crippen LogP contribution in [0.5, 0.6) is 0 Å². The van der Waals surface area contributed by atoms with Gasteiger partial charge in [-0.2, -0.15) is 0 Å². The largest absolute Gasteiger partial charge is 0.383 e. The maximum Gasteiger partial charge on any atom is 0.239 e. The van der Waals surface area contributed by atoms with E-state index in [1.807, 2.05) is 32.3 Å². The van der Waals surface area contributed by atoms with Gasteiger partial charge in [0.25, 0.3) is 0 Å². The number of hydrogen-bond donors (Lipinski definition) is 2. The van der Waals surface area contributed by atoms with Crippen molar-refractivity contribution in [2.75, 3.05) is 27.8 Å². The Morgan fingerprint density at radius 3 is 2.58 bits per heavy atom. The van der Waals surface area contributed by atoms with Gasteiger partial charge in [-0.15, -0.1) is 0 Å². The Morgan fingerprint density at radius 2 is 2.00 bits per heavy atom. The van der Waals surface area contributed by atoms with E-state index in [0.717, 1.165) is 12.1 Å². The van der Waals surface area contributed by atoms with Gasteiger partial charge in [-0.3, -0.25) is 4.79 Å². The van der Waals surface area contributed by atoms with Crippen molar-refractivity contribution in [1.29, 1.82) is 0 Å². The molecule has 1 rings (SSSR count). The third-order valence-corrected chi connectivity index (χ3v) is 2.74. The van der Waals surface area contributed by atoms with E-state index in [2.05, 4.69) is 16.3 Å². The lowest BCUT2D eigenvalue weighted by atomic mass is 10.1. The predicted molar refractivity (Wildman–Crippen MR) is 75.5 cm³/mol. The Bertz CT molecular complexity index is 407. The molecular weight excluding hydrogens is 242 g/mol. The molecule has 0 aliphatic heterocycles. The quantitative estimate of drug-likeness (QED) is 0.746. The van der Waals surface area contributed by atoms with Crippen molar-refractivity contribution in [2.24, 2.45) is 5.73 Å². The highest BCUT2D eigenvalue weighted by Gasteiger charge is 2.13. The van der Waals surface area contributed by atoms with E-state index in [-0.39, 0.29) is 12.5 Å². The number of methoxy groups -OCH3 is 1. The lowest BCUT2D eigenvalue weighted by molar-refractivity contribution is -0.123. The summed E-state index contributed by atoms with van der Waals surface area (Å²) in [5, 5.41) is 2.83. The summed E-state index contributed by atoms with van der Waals surface area (Å²) in [6, 6.07) is 7.43. The number of nitrogens with two attached hydrogens (primary N) is 1. The Kier molecular flexibility index (Phi) is 6.49. The molecule has 0 saturated heterocycles. The lowest BCUT2D eigenvalue weighted by Crippen LogP contribution is -2.43. The van der Waals surface area contributed by atoms with E-state index >= 15 is 0 Å². The van der Waals surface area contributed by atoms with Gasteiger partial charge in [-0.05, 0) is 25.2 Å². The van der Waals surface area contributed by atoms with Crippen LogP contribution >= 0.6 is 0 Å². The second-order valence-electron chi connectivity index (χ2n) is 4.79. The zero-order chi connectivity index (χ0) is 14.3. The number of carbonyl (C=O) groups excluding carboxylic acids is 1. The minimum absolute atomic E-state index is 0.193. The van der Waals surface area contributed by atoms with E-state index in [1.165, 1.54) is 12.7 Å². The molecule has 0 bridgehead atoms. The van der Waals surface area contributed by atoms with Crippen molar-refractivity contribution in [3.8, 4) is 0 Å². The fraction of sp³-hybridized carbons (Fsp3) is 0.500. The highest BCUT2D eigenvalue weighted by Crippen LogP contribution is 2.10. The van der Waals surface area contributed by atoms with E-state index in [1.54, 1.807) is 0 Å². The molecule has 0 fully saturated rings. The zero-order valence-electron chi connectivity index (χ0n) is 11.8. The topological polar surface area (TPSA) is 67.6 Å². The summed E-state index contributed by atoms with van der Waals surface area (Å²) < 4.78 is 4.86. The van der Waals surface area contributed by atoms with Gasteiger partial charge < -0.3 is 20.7 Å². The Balaban J connectivity index is 2.59. The van der Waals surface area contributed by atoms with E-state index < -0.39 is 6.04 Å². The molecule has 0 aliphatic carbocycles. The summed E-state index contributed by atoms with van der Waals surface area (Å²) in [6.07, 6.45) is 0. The number of nitrogens with one attached hydrogen (secondary N) is 1. The third kappa shape index (κ3) is 5.38. The molecule has 106 valence electrons. The lowest BCUT2D eigenvalue weighted by Gasteiger charge is -2.16. The number of ether oxygens (including phenoxy) is 1. The Morgan fingerprint density at radius 1 is 1.37 bits per heavy atom. The molecule has 1 aromatic rings. The van der Waals surface area contributed by atoms with Gasteiger partial charge in [0.2, 0.25) is 5.91 Å². The van der Waals surface area contributed by atoms with Crippen molar-refractivity contribution in [2.45, 2.75) is 19.1 Å². The second-order valence-corrected chi connectivity index (χ2v) is 4.79. The van der Waals surface area contributed by atoms with Crippen LogP contribution in [-0.4, -0.2) is 44.7 Å². The third-order valence-electron chi connectivity index (χ3n) is 2.74. The first kappa shape index (κ1) is 15.6. The van der Waals surface area contributed by atoms with Gasteiger partial charge >= 0.3 is 0 Å². The molecule has 1 unspecified atom stereocenters. The fourth-order valence-corrected chi connectivity index (χ4v) is 1.79. The molecule has 0 aromatic heterocycles.